The van der Waals surface area contributed by atoms with Gasteiger partial charge in [-0.05, 0) is 13.3 Å². The van der Waals surface area contributed by atoms with Crippen molar-refractivity contribution in [3.63, 3.8) is 0 Å². The van der Waals surface area contributed by atoms with E-state index in [1.165, 1.54) is 6.07 Å². The monoisotopic (exact) mass is 262 g/mol. The Labute approximate surface area is 109 Å². The van der Waals surface area contributed by atoms with Gasteiger partial charge in [0, 0.05) is 11.6 Å². The van der Waals surface area contributed by atoms with Crippen molar-refractivity contribution in [3.8, 4) is 17.7 Å². The number of hydrogen-bond donors (Lipinski definition) is 4. The fraction of sp³-hybridized carbons (Fsp3) is 0.182. The average Bonchev–Trinajstić information content (AvgIpc) is 2.60. The first-order valence-electron chi connectivity index (χ1n) is 5.54. The standard InChI is InChI=1S/C11H14N6O2/c1-2-3-4-6-5-7(18)17(8(6)19)11-15-9(12)14-10(13)16-11/h2-3,5,18-19H,4H2,1H3,(H4,12,13,14,15,16). The molecule has 0 radical (unpaired) electrons. The Hall–Kier alpha value is -2.77. The highest BCUT2D eigenvalue weighted by molar-refractivity contribution is 5.44. The van der Waals surface area contributed by atoms with Crippen molar-refractivity contribution in [2.45, 2.75) is 13.3 Å². The molecule has 0 aliphatic heterocycles. The Morgan fingerprint density at radius 1 is 1.21 bits per heavy atom. The van der Waals surface area contributed by atoms with Gasteiger partial charge in [-0.25, -0.2) is 4.57 Å². The van der Waals surface area contributed by atoms with Crippen molar-refractivity contribution in [1.29, 1.82) is 0 Å². The third-order valence-corrected chi connectivity index (χ3v) is 2.46. The maximum absolute atomic E-state index is 10.1. The topological polar surface area (TPSA) is 136 Å². The van der Waals surface area contributed by atoms with E-state index in [0.717, 1.165) is 4.57 Å². The smallest absolute Gasteiger partial charge is 0.246 e. The molecule has 2 heterocycles. The van der Waals surface area contributed by atoms with Crippen LogP contribution in [0.15, 0.2) is 18.2 Å². The van der Waals surface area contributed by atoms with Crippen molar-refractivity contribution in [2.24, 2.45) is 0 Å². The average molecular weight is 262 g/mol. The fourth-order valence-electron chi connectivity index (χ4n) is 1.63. The van der Waals surface area contributed by atoms with E-state index in [0.29, 0.717) is 12.0 Å². The zero-order valence-corrected chi connectivity index (χ0v) is 10.3. The lowest BCUT2D eigenvalue weighted by Crippen LogP contribution is -2.08. The molecule has 2 rings (SSSR count). The van der Waals surface area contributed by atoms with Crippen LogP contribution in [0.2, 0.25) is 0 Å². The normalized spacial score (nSPS) is 11.2. The number of aromatic nitrogens is 4. The van der Waals surface area contributed by atoms with Gasteiger partial charge in [0.15, 0.2) is 0 Å². The molecule has 0 aromatic carbocycles. The Balaban J connectivity index is 2.52. The SMILES string of the molecule is CC=CCc1cc(O)n(-c2nc(N)nc(N)n2)c1O. The molecule has 0 spiro atoms. The van der Waals surface area contributed by atoms with Gasteiger partial charge in [-0.15, -0.1) is 0 Å². The van der Waals surface area contributed by atoms with Crippen LogP contribution in [0.3, 0.4) is 0 Å². The largest absolute Gasteiger partial charge is 0.494 e. The second-order valence-corrected chi connectivity index (χ2v) is 3.81. The highest BCUT2D eigenvalue weighted by Crippen LogP contribution is 2.30. The molecule has 0 amide bonds. The third kappa shape index (κ3) is 2.41. The predicted molar refractivity (Wildman–Crippen MR) is 69.8 cm³/mol. The van der Waals surface area contributed by atoms with E-state index in [4.69, 9.17) is 11.5 Å². The number of rotatable bonds is 3. The summed E-state index contributed by atoms with van der Waals surface area (Å²) in [5.41, 5.74) is 11.4. The molecule has 100 valence electrons. The first-order chi connectivity index (χ1) is 9.02. The number of nitrogens with two attached hydrogens (primary N) is 2. The molecule has 0 saturated heterocycles. The van der Waals surface area contributed by atoms with E-state index >= 15 is 0 Å². The summed E-state index contributed by atoms with van der Waals surface area (Å²) < 4.78 is 1.05. The lowest BCUT2D eigenvalue weighted by atomic mass is 10.2. The first-order valence-corrected chi connectivity index (χ1v) is 5.54. The van der Waals surface area contributed by atoms with Gasteiger partial charge in [-0.3, -0.25) is 0 Å². The molecular weight excluding hydrogens is 248 g/mol. The predicted octanol–water partition coefficient (Wildman–Crippen LogP) is 0.356. The van der Waals surface area contributed by atoms with Crippen LogP contribution in [0.25, 0.3) is 5.95 Å². The molecule has 0 aliphatic carbocycles. The summed E-state index contributed by atoms with van der Waals surface area (Å²) in [5.74, 6) is -0.593. The Kier molecular flexibility index (Phi) is 3.23. The summed E-state index contributed by atoms with van der Waals surface area (Å²) in [4.78, 5) is 11.3. The Bertz CT molecular complexity index is 614. The van der Waals surface area contributed by atoms with Crippen molar-refractivity contribution < 1.29 is 10.2 Å². The maximum atomic E-state index is 10.1. The van der Waals surface area contributed by atoms with Crippen LogP contribution in [0.1, 0.15) is 12.5 Å². The zero-order chi connectivity index (χ0) is 14.0. The summed E-state index contributed by atoms with van der Waals surface area (Å²) in [6.45, 7) is 1.86. The molecule has 0 saturated carbocycles. The van der Waals surface area contributed by atoms with Crippen LogP contribution in [0, 0.1) is 0 Å². The molecule has 0 atom stereocenters. The number of aromatic hydroxyl groups is 2. The lowest BCUT2D eigenvalue weighted by Gasteiger charge is -2.06. The highest BCUT2D eigenvalue weighted by Gasteiger charge is 2.17. The minimum absolute atomic E-state index is 0.0354. The molecule has 6 N–H and O–H groups in total. The number of nitrogens with zero attached hydrogens (tertiary/aromatic N) is 4. The van der Waals surface area contributed by atoms with E-state index in [2.05, 4.69) is 15.0 Å². The van der Waals surface area contributed by atoms with Gasteiger partial charge in [0.1, 0.15) is 0 Å². The van der Waals surface area contributed by atoms with Crippen molar-refractivity contribution >= 4 is 11.9 Å². The quantitative estimate of drug-likeness (QED) is 0.586. The molecule has 0 aliphatic rings. The fourth-order valence-corrected chi connectivity index (χ4v) is 1.63. The first kappa shape index (κ1) is 12.7. The summed E-state index contributed by atoms with van der Waals surface area (Å²) >= 11 is 0. The molecule has 0 bridgehead atoms. The molecule has 8 nitrogen and oxygen atoms in total. The van der Waals surface area contributed by atoms with Gasteiger partial charge in [0.05, 0.1) is 0 Å². The van der Waals surface area contributed by atoms with Gasteiger partial charge in [-0.1, -0.05) is 12.2 Å². The van der Waals surface area contributed by atoms with Crippen molar-refractivity contribution in [3.05, 3.63) is 23.8 Å². The number of allylic oxidation sites excluding steroid dienone is 2. The molecule has 8 heteroatoms. The van der Waals surface area contributed by atoms with Gasteiger partial charge in [0.2, 0.25) is 29.6 Å². The number of anilines is 2. The summed E-state index contributed by atoms with van der Waals surface area (Å²) in [7, 11) is 0. The molecule has 19 heavy (non-hydrogen) atoms. The summed E-state index contributed by atoms with van der Waals surface area (Å²) in [6.07, 6.45) is 4.15. The summed E-state index contributed by atoms with van der Waals surface area (Å²) in [6, 6.07) is 1.42. The highest BCUT2D eigenvalue weighted by atomic mass is 16.3. The van der Waals surface area contributed by atoms with Crippen LogP contribution in [-0.4, -0.2) is 29.7 Å². The molecule has 0 fully saturated rings. The van der Waals surface area contributed by atoms with E-state index < -0.39 is 0 Å². The van der Waals surface area contributed by atoms with E-state index in [-0.39, 0.29) is 29.6 Å². The van der Waals surface area contributed by atoms with Gasteiger partial charge in [0.25, 0.3) is 0 Å². The number of nitrogen functional groups attached to an aromatic ring is 2. The minimum atomic E-state index is -0.206. The molecular formula is C11H14N6O2. The van der Waals surface area contributed by atoms with Crippen LogP contribution in [0.4, 0.5) is 11.9 Å². The number of hydrogen-bond acceptors (Lipinski definition) is 7. The van der Waals surface area contributed by atoms with Gasteiger partial charge in [-0.2, -0.15) is 15.0 Å². The second-order valence-electron chi connectivity index (χ2n) is 3.81. The van der Waals surface area contributed by atoms with Crippen LogP contribution < -0.4 is 11.5 Å². The van der Waals surface area contributed by atoms with E-state index in [1.54, 1.807) is 0 Å². The van der Waals surface area contributed by atoms with E-state index in [9.17, 15) is 10.2 Å². The Morgan fingerprint density at radius 2 is 1.84 bits per heavy atom. The second kappa shape index (κ2) is 4.84. The van der Waals surface area contributed by atoms with Crippen LogP contribution >= 0.6 is 0 Å². The maximum Gasteiger partial charge on any atom is 0.246 e. The third-order valence-electron chi connectivity index (χ3n) is 2.46. The van der Waals surface area contributed by atoms with Crippen molar-refractivity contribution in [2.75, 3.05) is 11.5 Å². The Morgan fingerprint density at radius 3 is 2.42 bits per heavy atom. The zero-order valence-electron chi connectivity index (χ0n) is 10.3. The van der Waals surface area contributed by atoms with Gasteiger partial charge < -0.3 is 21.7 Å². The van der Waals surface area contributed by atoms with Crippen LogP contribution in [0.5, 0.6) is 11.8 Å². The van der Waals surface area contributed by atoms with Crippen LogP contribution in [-0.2, 0) is 6.42 Å². The van der Waals surface area contributed by atoms with Crippen molar-refractivity contribution in [1.82, 2.24) is 19.5 Å². The van der Waals surface area contributed by atoms with E-state index in [1.807, 2.05) is 19.1 Å². The molecule has 2 aromatic heterocycles. The lowest BCUT2D eigenvalue weighted by molar-refractivity contribution is 0.397. The molecule has 0 unspecified atom stereocenters. The molecule has 2 aromatic rings. The van der Waals surface area contributed by atoms with Gasteiger partial charge >= 0.3 is 0 Å². The minimum Gasteiger partial charge on any atom is -0.494 e. The summed E-state index contributed by atoms with van der Waals surface area (Å²) in [5, 5.41) is 19.9.